The molecule has 1 fully saturated rings. The molecule has 0 spiro atoms. The van der Waals surface area contributed by atoms with Crippen LogP contribution in [0.1, 0.15) is 28.8 Å². The van der Waals surface area contributed by atoms with Gasteiger partial charge in [0.05, 0.1) is 0 Å². The van der Waals surface area contributed by atoms with Crippen molar-refractivity contribution in [2.24, 2.45) is 0 Å². The molecule has 2 heterocycles. The highest BCUT2D eigenvalue weighted by atomic mass is 32.1. The zero-order valence-corrected chi connectivity index (χ0v) is 12.2. The maximum absolute atomic E-state index is 12.0. The van der Waals surface area contributed by atoms with Crippen LogP contribution < -0.4 is 5.32 Å². The van der Waals surface area contributed by atoms with E-state index in [1.165, 1.54) is 11.3 Å². The lowest BCUT2D eigenvalue weighted by Crippen LogP contribution is -2.23. The van der Waals surface area contributed by atoms with Gasteiger partial charge in [-0.15, -0.1) is 11.3 Å². The van der Waals surface area contributed by atoms with Crippen molar-refractivity contribution in [3.8, 4) is 0 Å². The molecule has 2 amide bonds. The summed E-state index contributed by atoms with van der Waals surface area (Å²) in [5.74, 6) is 0.0364. The second-order valence-electron chi connectivity index (χ2n) is 4.91. The number of hydrogen-bond acceptors (Lipinski definition) is 4. The highest BCUT2D eigenvalue weighted by Gasteiger charge is 2.20. The molecule has 0 unspecified atom stereocenters. The van der Waals surface area contributed by atoms with Crippen molar-refractivity contribution >= 4 is 28.3 Å². The van der Waals surface area contributed by atoms with Gasteiger partial charge in [-0.1, -0.05) is 12.1 Å². The number of aromatic nitrogens is 1. The van der Waals surface area contributed by atoms with E-state index in [1.807, 2.05) is 22.4 Å². The average molecular weight is 301 g/mol. The molecule has 108 valence electrons. The van der Waals surface area contributed by atoms with Gasteiger partial charge in [-0.2, -0.15) is 0 Å². The summed E-state index contributed by atoms with van der Waals surface area (Å²) in [6, 6.07) is 7.34. The van der Waals surface area contributed by atoms with E-state index in [9.17, 15) is 9.59 Å². The van der Waals surface area contributed by atoms with Crippen molar-refractivity contribution in [1.82, 2.24) is 9.88 Å². The predicted octanol–water partition coefficient (Wildman–Crippen LogP) is 2.52. The van der Waals surface area contributed by atoms with Crippen LogP contribution in [-0.2, 0) is 11.3 Å². The monoisotopic (exact) mass is 301 g/mol. The number of rotatable bonds is 4. The SMILES string of the molecule is O=C(Nc1nccs1)c1ccc(CN2CCCC2=O)cc1. The van der Waals surface area contributed by atoms with Gasteiger partial charge in [0.25, 0.3) is 5.91 Å². The number of carbonyl (C=O) groups excluding carboxylic acids is 2. The van der Waals surface area contributed by atoms with Crippen LogP contribution in [0.2, 0.25) is 0 Å². The highest BCUT2D eigenvalue weighted by molar-refractivity contribution is 7.13. The number of hydrogen-bond donors (Lipinski definition) is 1. The molecule has 0 saturated carbocycles. The van der Waals surface area contributed by atoms with Crippen LogP contribution in [0.5, 0.6) is 0 Å². The van der Waals surface area contributed by atoms with Crippen molar-refractivity contribution in [3.63, 3.8) is 0 Å². The van der Waals surface area contributed by atoms with Crippen molar-refractivity contribution < 1.29 is 9.59 Å². The molecule has 1 aromatic carbocycles. The Bertz CT molecular complexity index is 637. The number of thiazole rings is 1. The van der Waals surface area contributed by atoms with Gasteiger partial charge in [-0.25, -0.2) is 4.98 Å². The summed E-state index contributed by atoms with van der Waals surface area (Å²) in [5, 5.41) is 5.14. The first-order valence-corrected chi connectivity index (χ1v) is 7.68. The summed E-state index contributed by atoms with van der Waals surface area (Å²) in [6.07, 6.45) is 3.23. The number of nitrogens with one attached hydrogen (secondary N) is 1. The lowest BCUT2D eigenvalue weighted by atomic mass is 10.1. The molecule has 1 aromatic heterocycles. The molecule has 0 aliphatic carbocycles. The topological polar surface area (TPSA) is 62.3 Å². The number of nitrogens with zero attached hydrogens (tertiary/aromatic N) is 2. The van der Waals surface area contributed by atoms with Gasteiger partial charge in [0, 0.05) is 36.7 Å². The lowest BCUT2D eigenvalue weighted by molar-refractivity contribution is -0.128. The number of likely N-dealkylation sites (tertiary alicyclic amines) is 1. The lowest BCUT2D eigenvalue weighted by Gasteiger charge is -2.15. The predicted molar refractivity (Wildman–Crippen MR) is 81.2 cm³/mol. The van der Waals surface area contributed by atoms with Gasteiger partial charge in [0.2, 0.25) is 5.91 Å². The summed E-state index contributed by atoms with van der Waals surface area (Å²) in [6.45, 7) is 1.44. The Balaban J connectivity index is 1.63. The molecule has 0 atom stereocenters. The standard InChI is InChI=1S/C15H15N3O2S/c19-13-2-1-8-18(13)10-11-3-5-12(6-4-11)14(20)17-15-16-7-9-21-15/h3-7,9H,1-2,8,10H2,(H,16,17,20). The van der Waals surface area contributed by atoms with E-state index in [0.29, 0.717) is 23.7 Å². The quantitative estimate of drug-likeness (QED) is 0.944. The number of benzene rings is 1. The molecule has 1 aliphatic rings. The van der Waals surface area contributed by atoms with E-state index in [2.05, 4.69) is 10.3 Å². The van der Waals surface area contributed by atoms with Crippen LogP contribution in [0, 0.1) is 0 Å². The fourth-order valence-electron chi connectivity index (χ4n) is 2.31. The molecule has 2 aromatic rings. The van der Waals surface area contributed by atoms with Crippen molar-refractivity contribution in [2.75, 3.05) is 11.9 Å². The molecular formula is C15H15N3O2S. The van der Waals surface area contributed by atoms with E-state index in [1.54, 1.807) is 18.3 Å². The molecule has 5 nitrogen and oxygen atoms in total. The Kier molecular flexibility index (Phi) is 3.96. The molecule has 0 bridgehead atoms. The van der Waals surface area contributed by atoms with Crippen LogP contribution in [0.4, 0.5) is 5.13 Å². The van der Waals surface area contributed by atoms with E-state index in [-0.39, 0.29) is 11.8 Å². The van der Waals surface area contributed by atoms with Gasteiger partial charge in [0.1, 0.15) is 0 Å². The fraction of sp³-hybridized carbons (Fsp3) is 0.267. The minimum Gasteiger partial charge on any atom is -0.338 e. The maximum atomic E-state index is 12.0. The molecule has 6 heteroatoms. The third kappa shape index (κ3) is 3.28. The smallest absolute Gasteiger partial charge is 0.257 e. The summed E-state index contributed by atoms with van der Waals surface area (Å²) in [4.78, 5) is 29.5. The highest BCUT2D eigenvalue weighted by Crippen LogP contribution is 2.16. The summed E-state index contributed by atoms with van der Waals surface area (Å²) < 4.78 is 0. The molecule has 3 rings (SSSR count). The largest absolute Gasteiger partial charge is 0.338 e. The van der Waals surface area contributed by atoms with Crippen LogP contribution in [0.3, 0.4) is 0 Å². The van der Waals surface area contributed by atoms with Crippen LogP contribution >= 0.6 is 11.3 Å². The second-order valence-corrected chi connectivity index (χ2v) is 5.80. The van der Waals surface area contributed by atoms with Gasteiger partial charge >= 0.3 is 0 Å². The molecule has 1 aliphatic heterocycles. The molecule has 0 radical (unpaired) electrons. The first kappa shape index (κ1) is 13.8. The minimum atomic E-state index is -0.172. The zero-order chi connectivity index (χ0) is 14.7. The van der Waals surface area contributed by atoms with Crippen molar-refractivity contribution in [2.45, 2.75) is 19.4 Å². The Morgan fingerprint density at radius 2 is 2.14 bits per heavy atom. The van der Waals surface area contributed by atoms with E-state index < -0.39 is 0 Å². The first-order valence-electron chi connectivity index (χ1n) is 6.80. The van der Waals surface area contributed by atoms with Crippen molar-refractivity contribution in [1.29, 1.82) is 0 Å². The maximum Gasteiger partial charge on any atom is 0.257 e. The third-order valence-corrected chi connectivity index (χ3v) is 4.10. The van der Waals surface area contributed by atoms with Gasteiger partial charge in [0.15, 0.2) is 5.13 Å². The number of amides is 2. The number of anilines is 1. The van der Waals surface area contributed by atoms with Gasteiger partial charge in [-0.3, -0.25) is 14.9 Å². The van der Waals surface area contributed by atoms with E-state index >= 15 is 0 Å². The average Bonchev–Trinajstić information content (AvgIpc) is 3.12. The Morgan fingerprint density at radius 3 is 2.76 bits per heavy atom. The first-order chi connectivity index (χ1) is 10.2. The summed E-state index contributed by atoms with van der Waals surface area (Å²) >= 11 is 1.38. The molecule has 1 saturated heterocycles. The summed E-state index contributed by atoms with van der Waals surface area (Å²) in [7, 11) is 0. The molecule has 21 heavy (non-hydrogen) atoms. The van der Waals surface area contributed by atoms with Crippen LogP contribution in [-0.4, -0.2) is 28.2 Å². The van der Waals surface area contributed by atoms with Crippen molar-refractivity contribution in [3.05, 3.63) is 47.0 Å². The second kappa shape index (κ2) is 6.05. The number of carbonyl (C=O) groups is 2. The van der Waals surface area contributed by atoms with Crippen LogP contribution in [0.15, 0.2) is 35.8 Å². The summed E-state index contributed by atoms with van der Waals surface area (Å²) in [5.41, 5.74) is 1.62. The normalized spacial score (nSPS) is 14.5. The van der Waals surface area contributed by atoms with Gasteiger partial charge < -0.3 is 4.90 Å². The Morgan fingerprint density at radius 1 is 1.33 bits per heavy atom. The zero-order valence-electron chi connectivity index (χ0n) is 11.4. The minimum absolute atomic E-state index is 0.172. The third-order valence-electron chi connectivity index (χ3n) is 3.41. The fourth-order valence-corrected chi connectivity index (χ4v) is 2.83. The van der Waals surface area contributed by atoms with Gasteiger partial charge in [-0.05, 0) is 24.1 Å². The van der Waals surface area contributed by atoms with E-state index in [4.69, 9.17) is 0 Å². The van der Waals surface area contributed by atoms with E-state index in [0.717, 1.165) is 18.5 Å². The Labute approximate surface area is 126 Å². The Hall–Kier alpha value is -2.21. The van der Waals surface area contributed by atoms with Crippen LogP contribution in [0.25, 0.3) is 0 Å². The molecule has 1 N–H and O–H groups in total. The molecular weight excluding hydrogens is 286 g/mol.